The van der Waals surface area contributed by atoms with Gasteiger partial charge in [0, 0.05) is 17.8 Å². The standard InChI is InChI=1S/C17H17NO3/c1-12-11-21-16-9-13(17(19)20)7-8-14(16)10-18(12)15-5-3-2-4-6-15/h2-9,12H,10-11H2,1H3,(H,19,20). The minimum atomic E-state index is -0.932. The first-order chi connectivity index (χ1) is 10.1. The summed E-state index contributed by atoms with van der Waals surface area (Å²) >= 11 is 0. The first kappa shape index (κ1) is 13.5. The SMILES string of the molecule is CC1COc2cc(C(=O)O)ccc2CN1c1ccccc1. The van der Waals surface area contributed by atoms with Crippen molar-refractivity contribution in [3.05, 3.63) is 59.7 Å². The Bertz CT molecular complexity index is 654. The molecule has 1 aliphatic heterocycles. The number of fused-ring (bicyclic) bond motifs is 1. The van der Waals surface area contributed by atoms with Crippen molar-refractivity contribution in [1.82, 2.24) is 0 Å². The van der Waals surface area contributed by atoms with E-state index in [1.165, 1.54) is 0 Å². The van der Waals surface area contributed by atoms with Gasteiger partial charge in [0.25, 0.3) is 0 Å². The van der Waals surface area contributed by atoms with Crippen LogP contribution in [0.3, 0.4) is 0 Å². The Balaban J connectivity index is 1.95. The fourth-order valence-electron chi connectivity index (χ4n) is 2.56. The van der Waals surface area contributed by atoms with Crippen LogP contribution in [-0.4, -0.2) is 23.7 Å². The van der Waals surface area contributed by atoms with Crippen LogP contribution in [0, 0.1) is 0 Å². The minimum absolute atomic E-state index is 0.216. The van der Waals surface area contributed by atoms with Gasteiger partial charge in [-0.15, -0.1) is 0 Å². The van der Waals surface area contributed by atoms with E-state index in [1.54, 1.807) is 12.1 Å². The van der Waals surface area contributed by atoms with Gasteiger partial charge in [0.05, 0.1) is 11.6 Å². The van der Waals surface area contributed by atoms with Crippen molar-refractivity contribution < 1.29 is 14.6 Å². The second-order valence-electron chi connectivity index (χ2n) is 5.25. The van der Waals surface area contributed by atoms with Crippen molar-refractivity contribution in [2.75, 3.05) is 11.5 Å². The number of nitrogens with zero attached hydrogens (tertiary/aromatic N) is 1. The topological polar surface area (TPSA) is 49.8 Å². The lowest BCUT2D eigenvalue weighted by Crippen LogP contribution is -2.34. The van der Waals surface area contributed by atoms with Crippen LogP contribution in [0.4, 0.5) is 5.69 Å². The largest absolute Gasteiger partial charge is 0.491 e. The fourth-order valence-corrected chi connectivity index (χ4v) is 2.56. The maximum atomic E-state index is 11.1. The molecule has 1 unspecified atom stereocenters. The quantitative estimate of drug-likeness (QED) is 0.919. The van der Waals surface area contributed by atoms with Gasteiger partial charge in [0.15, 0.2) is 0 Å². The van der Waals surface area contributed by atoms with Gasteiger partial charge in [-0.25, -0.2) is 4.79 Å². The van der Waals surface area contributed by atoms with Crippen LogP contribution in [0.2, 0.25) is 0 Å². The summed E-state index contributed by atoms with van der Waals surface area (Å²) < 4.78 is 5.80. The van der Waals surface area contributed by atoms with Gasteiger partial charge < -0.3 is 14.7 Å². The molecular weight excluding hydrogens is 266 g/mol. The van der Waals surface area contributed by atoms with Gasteiger partial charge in [0.2, 0.25) is 0 Å². The van der Waals surface area contributed by atoms with Crippen LogP contribution >= 0.6 is 0 Å². The molecule has 2 aromatic rings. The molecule has 1 aliphatic rings. The maximum Gasteiger partial charge on any atom is 0.335 e. The number of aromatic carboxylic acids is 1. The molecule has 1 atom stereocenters. The zero-order valence-electron chi connectivity index (χ0n) is 11.8. The first-order valence-corrected chi connectivity index (χ1v) is 6.96. The van der Waals surface area contributed by atoms with Gasteiger partial charge in [-0.1, -0.05) is 24.3 Å². The number of carbonyl (C=O) groups is 1. The van der Waals surface area contributed by atoms with E-state index >= 15 is 0 Å². The summed E-state index contributed by atoms with van der Waals surface area (Å²) in [5, 5.41) is 9.07. The number of rotatable bonds is 2. The van der Waals surface area contributed by atoms with Crippen molar-refractivity contribution in [2.24, 2.45) is 0 Å². The van der Waals surface area contributed by atoms with Crippen molar-refractivity contribution in [1.29, 1.82) is 0 Å². The third kappa shape index (κ3) is 2.70. The van der Waals surface area contributed by atoms with E-state index in [0.717, 1.165) is 11.3 Å². The smallest absolute Gasteiger partial charge is 0.335 e. The molecule has 2 aromatic carbocycles. The lowest BCUT2D eigenvalue weighted by atomic mass is 10.1. The van der Waals surface area contributed by atoms with E-state index in [4.69, 9.17) is 9.84 Å². The molecule has 0 spiro atoms. The Morgan fingerprint density at radius 2 is 2.00 bits per heavy atom. The Labute approximate surface area is 123 Å². The molecular formula is C17H17NO3. The Morgan fingerprint density at radius 1 is 1.24 bits per heavy atom. The molecule has 1 N–H and O–H groups in total. The van der Waals surface area contributed by atoms with Crippen LogP contribution in [-0.2, 0) is 6.54 Å². The number of benzene rings is 2. The van der Waals surface area contributed by atoms with Crippen molar-refractivity contribution in [2.45, 2.75) is 19.5 Å². The van der Waals surface area contributed by atoms with Gasteiger partial charge in [-0.05, 0) is 31.2 Å². The highest BCUT2D eigenvalue weighted by Crippen LogP contribution is 2.29. The van der Waals surface area contributed by atoms with E-state index in [0.29, 0.717) is 18.9 Å². The molecule has 4 nitrogen and oxygen atoms in total. The number of anilines is 1. The van der Waals surface area contributed by atoms with Crippen molar-refractivity contribution in [3.8, 4) is 5.75 Å². The second kappa shape index (κ2) is 5.48. The summed E-state index contributed by atoms with van der Waals surface area (Å²) in [6, 6.07) is 15.5. The highest BCUT2D eigenvalue weighted by molar-refractivity contribution is 5.88. The minimum Gasteiger partial charge on any atom is -0.491 e. The van der Waals surface area contributed by atoms with Crippen LogP contribution in [0.5, 0.6) is 5.75 Å². The molecule has 0 amide bonds. The third-order valence-corrected chi connectivity index (χ3v) is 3.75. The molecule has 0 aromatic heterocycles. The molecule has 0 aliphatic carbocycles. The number of hydrogen-bond acceptors (Lipinski definition) is 3. The van der Waals surface area contributed by atoms with Crippen LogP contribution in [0.1, 0.15) is 22.8 Å². The monoisotopic (exact) mass is 283 g/mol. The summed E-state index contributed by atoms with van der Waals surface area (Å²) in [5.41, 5.74) is 2.41. The van der Waals surface area contributed by atoms with E-state index in [9.17, 15) is 4.79 Å². The molecule has 1 heterocycles. The van der Waals surface area contributed by atoms with E-state index in [1.807, 2.05) is 24.3 Å². The molecule has 4 heteroatoms. The molecule has 3 rings (SSSR count). The maximum absolute atomic E-state index is 11.1. The number of hydrogen-bond donors (Lipinski definition) is 1. The van der Waals surface area contributed by atoms with Crippen LogP contribution in [0.15, 0.2) is 48.5 Å². The van der Waals surface area contributed by atoms with Crippen LogP contribution < -0.4 is 9.64 Å². The summed E-state index contributed by atoms with van der Waals surface area (Å²) in [6.45, 7) is 3.35. The summed E-state index contributed by atoms with van der Waals surface area (Å²) in [5.74, 6) is -0.265. The summed E-state index contributed by atoms with van der Waals surface area (Å²) in [6.07, 6.45) is 0. The zero-order valence-corrected chi connectivity index (χ0v) is 11.8. The molecule has 108 valence electrons. The fraction of sp³-hybridized carbons (Fsp3) is 0.235. The average molecular weight is 283 g/mol. The second-order valence-corrected chi connectivity index (χ2v) is 5.25. The van der Waals surface area contributed by atoms with E-state index < -0.39 is 5.97 Å². The summed E-state index contributed by atoms with van der Waals surface area (Å²) in [7, 11) is 0. The molecule has 0 fully saturated rings. The van der Waals surface area contributed by atoms with Gasteiger partial charge in [-0.2, -0.15) is 0 Å². The lowest BCUT2D eigenvalue weighted by molar-refractivity contribution is 0.0696. The third-order valence-electron chi connectivity index (χ3n) is 3.75. The number of para-hydroxylation sites is 1. The normalized spacial score (nSPS) is 17.6. The van der Waals surface area contributed by atoms with Gasteiger partial charge in [-0.3, -0.25) is 0 Å². The zero-order chi connectivity index (χ0) is 14.8. The predicted molar refractivity (Wildman–Crippen MR) is 81.0 cm³/mol. The molecule has 0 saturated heterocycles. The molecule has 21 heavy (non-hydrogen) atoms. The molecule has 0 bridgehead atoms. The van der Waals surface area contributed by atoms with E-state index in [-0.39, 0.29) is 11.6 Å². The Kier molecular flexibility index (Phi) is 3.52. The molecule has 0 radical (unpaired) electrons. The van der Waals surface area contributed by atoms with Crippen molar-refractivity contribution in [3.63, 3.8) is 0 Å². The average Bonchev–Trinajstić information content (AvgIpc) is 2.67. The number of carboxylic acid groups (broad SMARTS) is 1. The number of carboxylic acids is 1. The van der Waals surface area contributed by atoms with Gasteiger partial charge in [0.1, 0.15) is 12.4 Å². The Morgan fingerprint density at radius 3 is 2.71 bits per heavy atom. The van der Waals surface area contributed by atoms with Gasteiger partial charge >= 0.3 is 5.97 Å². The highest BCUT2D eigenvalue weighted by atomic mass is 16.5. The lowest BCUT2D eigenvalue weighted by Gasteiger charge is -2.28. The predicted octanol–water partition coefficient (Wildman–Crippen LogP) is 3.17. The van der Waals surface area contributed by atoms with Crippen LogP contribution in [0.25, 0.3) is 0 Å². The Hall–Kier alpha value is -2.49. The first-order valence-electron chi connectivity index (χ1n) is 6.96. The number of ether oxygens (including phenoxy) is 1. The molecule has 0 saturated carbocycles. The summed E-state index contributed by atoms with van der Waals surface area (Å²) in [4.78, 5) is 13.3. The highest BCUT2D eigenvalue weighted by Gasteiger charge is 2.22. The van der Waals surface area contributed by atoms with E-state index in [2.05, 4.69) is 24.0 Å². The van der Waals surface area contributed by atoms with Crippen molar-refractivity contribution >= 4 is 11.7 Å².